The van der Waals surface area contributed by atoms with Gasteiger partial charge >= 0.3 is 12.1 Å². The van der Waals surface area contributed by atoms with Crippen molar-refractivity contribution < 1.29 is 32.1 Å². The van der Waals surface area contributed by atoms with E-state index in [4.69, 9.17) is 18.9 Å². The first-order valence-corrected chi connectivity index (χ1v) is 15.1. The predicted molar refractivity (Wildman–Crippen MR) is 143 cm³/mol. The number of nitrogens with one attached hydrogen (secondary N) is 1. The van der Waals surface area contributed by atoms with Crippen molar-refractivity contribution in [1.82, 2.24) is 5.32 Å². The molecule has 7 rings (SSSR count). The van der Waals surface area contributed by atoms with Gasteiger partial charge in [0.15, 0.2) is 5.79 Å². The van der Waals surface area contributed by atoms with Crippen molar-refractivity contribution in [2.24, 2.45) is 23.2 Å². The molecule has 8 heteroatoms. The maximum absolute atomic E-state index is 14.1. The Hall–Kier alpha value is -1.87. The second kappa shape index (κ2) is 9.85. The molecule has 7 atom stereocenters. The molecule has 1 aromatic carbocycles. The van der Waals surface area contributed by atoms with Crippen LogP contribution in [0.5, 0.6) is 0 Å². The van der Waals surface area contributed by atoms with Crippen LogP contribution in [0.3, 0.4) is 0 Å². The largest absolute Gasteiger partial charge is 0.463 e. The molecule has 1 aromatic rings. The van der Waals surface area contributed by atoms with E-state index in [0.717, 1.165) is 63.7 Å². The first kappa shape index (κ1) is 27.0. The molecule has 0 aromatic heterocycles. The zero-order chi connectivity index (χ0) is 27.7. The van der Waals surface area contributed by atoms with Crippen molar-refractivity contribution in [3.63, 3.8) is 0 Å². The number of hydrogen-bond donors (Lipinski definition) is 1. The molecular formula is C32H40F3NO4. The van der Waals surface area contributed by atoms with Gasteiger partial charge in [-0.3, -0.25) is 5.32 Å². The second-order valence-electron chi connectivity index (χ2n) is 13.2. The Morgan fingerprint density at radius 2 is 1.70 bits per heavy atom. The maximum Gasteiger partial charge on any atom is 0.342 e. The van der Waals surface area contributed by atoms with Crippen molar-refractivity contribution in [3.05, 3.63) is 58.6 Å². The number of rotatable bonds is 4. The topological polar surface area (TPSA) is 49.0 Å². The lowest BCUT2D eigenvalue weighted by molar-refractivity contribution is -0.149. The van der Waals surface area contributed by atoms with Crippen molar-refractivity contribution >= 4 is 0 Å². The highest BCUT2D eigenvalue weighted by molar-refractivity contribution is 5.42. The number of hydrogen-bond acceptors (Lipinski definition) is 5. The minimum atomic E-state index is -2.37. The Labute approximate surface area is 234 Å². The highest BCUT2D eigenvalue weighted by atomic mass is 19.3. The summed E-state index contributed by atoms with van der Waals surface area (Å²) in [5.74, 6) is 0.540. The van der Waals surface area contributed by atoms with Crippen LogP contribution in [-0.4, -0.2) is 38.2 Å². The van der Waals surface area contributed by atoms with Gasteiger partial charge in [0.1, 0.15) is 11.8 Å². The van der Waals surface area contributed by atoms with E-state index in [9.17, 15) is 13.2 Å². The average Bonchev–Trinajstić information content (AvgIpc) is 3.68. The van der Waals surface area contributed by atoms with Gasteiger partial charge in [-0.15, -0.1) is 0 Å². The lowest BCUT2D eigenvalue weighted by atomic mass is 9.52. The average molecular weight is 560 g/mol. The standard InChI is InChI=1S/C32H40F3NO4/c1-30-18-24(19-3-6-21(7-4-19)31(2)37-15-16-38-31)27-22-11-12-32(36-13-14-39-32)17-20(22)5-8-23(27)25(30)9-10-26(30)40-29(35)28(33)34/h3-4,6-7,20,23-26,36H,5,8-18H2,1-2H3. The molecule has 3 saturated carbocycles. The summed E-state index contributed by atoms with van der Waals surface area (Å²) in [6.45, 7) is 6.94. The molecule has 6 aliphatic rings. The Balaban J connectivity index is 1.27. The first-order chi connectivity index (χ1) is 19.2. The molecule has 2 heterocycles. The summed E-state index contributed by atoms with van der Waals surface area (Å²) in [5.41, 5.74) is 4.77. The van der Waals surface area contributed by atoms with Crippen molar-refractivity contribution in [1.29, 1.82) is 0 Å². The summed E-state index contributed by atoms with van der Waals surface area (Å²) in [6, 6.07) is 6.86. The van der Waals surface area contributed by atoms with Crippen molar-refractivity contribution in [3.8, 4) is 0 Å². The number of halogens is 3. The van der Waals surface area contributed by atoms with Gasteiger partial charge in [-0.2, -0.15) is 13.2 Å². The van der Waals surface area contributed by atoms with Crippen LogP contribution < -0.4 is 5.32 Å². The van der Waals surface area contributed by atoms with Crippen LogP contribution in [0.1, 0.15) is 82.3 Å². The van der Waals surface area contributed by atoms with Crippen LogP contribution in [0.2, 0.25) is 0 Å². The highest BCUT2D eigenvalue weighted by Crippen LogP contribution is 2.65. The predicted octanol–water partition coefficient (Wildman–Crippen LogP) is 7.05. The van der Waals surface area contributed by atoms with Gasteiger partial charge < -0.3 is 18.9 Å². The van der Waals surface area contributed by atoms with Crippen LogP contribution in [0.15, 0.2) is 47.5 Å². The number of ether oxygens (including phenoxy) is 4. The Morgan fingerprint density at radius 3 is 2.40 bits per heavy atom. The third-order valence-corrected chi connectivity index (χ3v) is 11.3. The van der Waals surface area contributed by atoms with E-state index < -0.39 is 29.4 Å². The Bertz CT molecular complexity index is 1200. The minimum absolute atomic E-state index is 0.134. The van der Waals surface area contributed by atoms with Gasteiger partial charge in [0, 0.05) is 23.4 Å². The molecule has 2 saturated heterocycles. The van der Waals surface area contributed by atoms with Crippen LogP contribution in [-0.2, 0) is 24.7 Å². The Morgan fingerprint density at radius 1 is 0.925 bits per heavy atom. The molecule has 40 heavy (non-hydrogen) atoms. The molecule has 4 aliphatic carbocycles. The third kappa shape index (κ3) is 4.27. The zero-order valence-electron chi connectivity index (χ0n) is 23.4. The molecule has 218 valence electrons. The molecule has 7 unspecified atom stereocenters. The maximum atomic E-state index is 14.1. The van der Waals surface area contributed by atoms with Gasteiger partial charge in [0.05, 0.1) is 19.8 Å². The quantitative estimate of drug-likeness (QED) is 0.316. The van der Waals surface area contributed by atoms with E-state index in [0.29, 0.717) is 37.4 Å². The molecule has 5 fully saturated rings. The van der Waals surface area contributed by atoms with E-state index >= 15 is 0 Å². The van der Waals surface area contributed by atoms with Crippen LogP contribution in [0.25, 0.3) is 0 Å². The van der Waals surface area contributed by atoms with Crippen molar-refractivity contribution in [2.45, 2.75) is 88.7 Å². The van der Waals surface area contributed by atoms with E-state index in [1.165, 1.54) is 5.56 Å². The van der Waals surface area contributed by atoms with Crippen LogP contribution in [0, 0.1) is 23.2 Å². The van der Waals surface area contributed by atoms with E-state index in [2.05, 4.69) is 36.5 Å². The Kier molecular flexibility index (Phi) is 6.65. The molecule has 0 bridgehead atoms. The summed E-state index contributed by atoms with van der Waals surface area (Å²) in [4.78, 5) is 0. The van der Waals surface area contributed by atoms with E-state index in [1.54, 1.807) is 11.1 Å². The lowest BCUT2D eigenvalue weighted by Gasteiger charge is -2.54. The number of fused-ring (bicyclic) bond motifs is 4. The molecular weight excluding hydrogens is 519 g/mol. The molecule has 5 nitrogen and oxygen atoms in total. The van der Waals surface area contributed by atoms with Gasteiger partial charge in [0.2, 0.25) is 0 Å². The van der Waals surface area contributed by atoms with Crippen LogP contribution in [0.4, 0.5) is 13.2 Å². The number of benzene rings is 1. The SMILES string of the molecule is CC1(c2ccc(C3CC4(C)C(OC(F)=C(F)F)CCC4C4CCC5CC6(CCC5=C34)NCCO6)cc2)OCCO1. The fourth-order valence-electron chi connectivity index (χ4n) is 9.45. The molecule has 2 aliphatic heterocycles. The summed E-state index contributed by atoms with van der Waals surface area (Å²) in [5, 5.41) is 3.65. The minimum Gasteiger partial charge on any atom is -0.463 e. The molecule has 0 radical (unpaired) electrons. The van der Waals surface area contributed by atoms with Gasteiger partial charge in [0.25, 0.3) is 0 Å². The summed E-state index contributed by atoms with van der Waals surface area (Å²) in [7, 11) is 0. The van der Waals surface area contributed by atoms with E-state index in [-0.39, 0.29) is 11.6 Å². The molecule has 1 N–H and O–H groups in total. The first-order valence-electron chi connectivity index (χ1n) is 15.1. The zero-order valence-corrected chi connectivity index (χ0v) is 23.4. The van der Waals surface area contributed by atoms with Gasteiger partial charge in [-0.1, -0.05) is 42.3 Å². The summed E-state index contributed by atoms with van der Waals surface area (Å²) >= 11 is 0. The van der Waals surface area contributed by atoms with Crippen molar-refractivity contribution in [2.75, 3.05) is 26.4 Å². The molecule has 0 amide bonds. The second-order valence-corrected chi connectivity index (χ2v) is 13.2. The third-order valence-electron chi connectivity index (χ3n) is 11.3. The fraction of sp³-hybridized carbons (Fsp3) is 0.688. The molecule has 1 spiro atoms. The van der Waals surface area contributed by atoms with E-state index in [1.807, 2.05) is 6.92 Å². The van der Waals surface area contributed by atoms with Gasteiger partial charge in [-0.05, 0) is 81.6 Å². The lowest BCUT2D eigenvalue weighted by Crippen LogP contribution is -2.50. The fourth-order valence-corrected chi connectivity index (χ4v) is 9.45. The highest BCUT2D eigenvalue weighted by Gasteiger charge is 2.59. The monoisotopic (exact) mass is 559 g/mol. The smallest absolute Gasteiger partial charge is 0.342 e. The van der Waals surface area contributed by atoms with Crippen LogP contribution >= 0.6 is 0 Å². The number of allylic oxidation sites excluding steroid dienone is 2. The summed E-state index contributed by atoms with van der Waals surface area (Å²) in [6.07, 6.45) is 4.49. The normalized spacial score (nSPS) is 40.1. The summed E-state index contributed by atoms with van der Waals surface area (Å²) < 4.78 is 63.7. The van der Waals surface area contributed by atoms with Gasteiger partial charge in [-0.25, -0.2) is 0 Å².